The van der Waals surface area contributed by atoms with E-state index >= 15 is 0 Å². The topological polar surface area (TPSA) is 73.9 Å². The number of rotatable bonds is 14. The number of hydrogen-bond acceptors (Lipinski definition) is 5. The number of nitrogens with one attached hydrogen (secondary N) is 1. The average Bonchev–Trinajstić information content (AvgIpc) is 3.16. The van der Waals surface area contributed by atoms with Crippen LogP contribution in [0.2, 0.25) is 0 Å². The van der Waals surface area contributed by atoms with E-state index in [0.717, 1.165) is 25.7 Å². The molecule has 1 N–H and O–H groups in total. The first kappa shape index (κ1) is 24.8. The number of unbranched alkanes of at least 4 members (excludes halogenated alkanes) is 3. The lowest BCUT2D eigenvalue weighted by Gasteiger charge is -2.14. The van der Waals surface area contributed by atoms with Crippen molar-refractivity contribution in [2.24, 2.45) is 0 Å². The van der Waals surface area contributed by atoms with Crippen LogP contribution >= 0.6 is 0 Å². The number of alkyl carbamates (subject to hydrolysis) is 1. The third kappa shape index (κ3) is 7.60. The van der Waals surface area contributed by atoms with Crippen LogP contribution in [-0.4, -0.2) is 45.0 Å². The molecule has 1 amide bonds. The molecule has 33 heavy (non-hydrogen) atoms. The summed E-state index contributed by atoms with van der Waals surface area (Å²) in [5.74, 6) is -0.104. The van der Waals surface area contributed by atoms with Crippen LogP contribution in [0, 0.1) is 0 Å². The summed E-state index contributed by atoms with van der Waals surface area (Å²) < 4.78 is 16.1. The van der Waals surface area contributed by atoms with Gasteiger partial charge >= 0.3 is 12.1 Å². The van der Waals surface area contributed by atoms with Crippen molar-refractivity contribution in [2.45, 2.75) is 51.4 Å². The molecule has 0 aromatic heterocycles. The van der Waals surface area contributed by atoms with E-state index < -0.39 is 6.09 Å². The first-order chi connectivity index (χ1) is 16.2. The van der Waals surface area contributed by atoms with Gasteiger partial charge in [0.25, 0.3) is 0 Å². The normalized spacial score (nSPS) is 12.2. The molecule has 0 aliphatic heterocycles. The highest BCUT2D eigenvalue weighted by atomic mass is 16.6. The number of hydrogen-bond donors (Lipinski definition) is 1. The second-order valence-corrected chi connectivity index (χ2v) is 8.25. The second-order valence-electron chi connectivity index (χ2n) is 8.25. The van der Waals surface area contributed by atoms with Crippen molar-refractivity contribution in [1.82, 2.24) is 5.32 Å². The van der Waals surface area contributed by atoms with Gasteiger partial charge in [-0.05, 0) is 35.1 Å². The Morgan fingerprint density at radius 3 is 2.21 bits per heavy atom. The van der Waals surface area contributed by atoms with Crippen LogP contribution < -0.4 is 5.32 Å². The van der Waals surface area contributed by atoms with Gasteiger partial charge in [-0.3, -0.25) is 4.79 Å². The van der Waals surface area contributed by atoms with Gasteiger partial charge in [0, 0.05) is 25.5 Å². The maximum Gasteiger partial charge on any atom is 0.407 e. The molecule has 0 bridgehead atoms. The molecule has 0 saturated heterocycles. The molecule has 0 fully saturated rings. The number of esters is 1. The van der Waals surface area contributed by atoms with Crippen molar-refractivity contribution in [3.63, 3.8) is 0 Å². The van der Waals surface area contributed by atoms with Crippen molar-refractivity contribution >= 4 is 12.1 Å². The monoisotopic (exact) mass is 453 g/mol. The minimum atomic E-state index is -0.422. The Morgan fingerprint density at radius 1 is 0.818 bits per heavy atom. The lowest BCUT2D eigenvalue weighted by atomic mass is 9.98. The number of fused-ring (bicyclic) bond motifs is 3. The Hall–Kier alpha value is -2.86. The molecule has 6 heteroatoms. The number of carbonyl (C=O) groups is 2. The smallest absolute Gasteiger partial charge is 0.407 e. The molecule has 2 aromatic carbocycles. The van der Waals surface area contributed by atoms with E-state index in [2.05, 4.69) is 36.5 Å². The van der Waals surface area contributed by atoms with Gasteiger partial charge in [0.15, 0.2) is 0 Å². The van der Waals surface area contributed by atoms with Crippen molar-refractivity contribution in [2.75, 3.05) is 33.0 Å². The fraction of sp³-hybridized carbons (Fsp3) is 0.481. The molecule has 178 valence electrons. The van der Waals surface area contributed by atoms with E-state index in [1.165, 1.54) is 22.3 Å². The highest BCUT2D eigenvalue weighted by Crippen LogP contribution is 2.44. The van der Waals surface area contributed by atoms with E-state index in [1.807, 2.05) is 24.3 Å². The Morgan fingerprint density at radius 2 is 1.52 bits per heavy atom. The standard InChI is InChI=1S/C27H35NO5/c1-2-3-4-5-15-26(29)32-19-18-31-17-10-16-28-27(30)33-20-25-23-13-8-6-11-21(23)22-12-7-9-14-24(22)25/h6-9,11-14,25H,2-5,10,15-20H2,1H3,(H,28,30). The molecule has 0 heterocycles. The lowest BCUT2D eigenvalue weighted by Crippen LogP contribution is -2.27. The Balaban J connectivity index is 1.25. The van der Waals surface area contributed by atoms with E-state index in [4.69, 9.17) is 14.2 Å². The van der Waals surface area contributed by atoms with E-state index in [9.17, 15) is 9.59 Å². The Labute approximate surface area is 196 Å². The zero-order valence-corrected chi connectivity index (χ0v) is 19.5. The van der Waals surface area contributed by atoms with Crippen molar-refractivity contribution < 1.29 is 23.8 Å². The van der Waals surface area contributed by atoms with Gasteiger partial charge in [0.1, 0.15) is 13.2 Å². The van der Waals surface area contributed by atoms with Crippen molar-refractivity contribution in [3.8, 4) is 11.1 Å². The van der Waals surface area contributed by atoms with E-state index in [0.29, 0.717) is 39.2 Å². The van der Waals surface area contributed by atoms with Crippen molar-refractivity contribution in [1.29, 1.82) is 0 Å². The predicted octanol–water partition coefficient (Wildman–Crippen LogP) is 5.45. The molecule has 6 nitrogen and oxygen atoms in total. The first-order valence-corrected chi connectivity index (χ1v) is 12.0. The minimum absolute atomic E-state index is 0.0563. The number of ether oxygens (including phenoxy) is 3. The largest absolute Gasteiger partial charge is 0.463 e. The SMILES string of the molecule is CCCCCCC(=O)OCCOCCCNC(=O)OCC1c2ccccc2-c2ccccc21. The highest BCUT2D eigenvalue weighted by Gasteiger charge is 2.28. The Kier molecular flexibility index (Phi) is 10.2. The summed E-state index contributed by atoms with van der Waals surface area (Å²) >= 11 is 0. The number of carbonyl (C=O) groups excluding carboxylic acids is 2. The Bertz CT molecular complexity index is 852. The van der Waals surface area contributed by atoms with Crippen LogP contribution in [0.3, 0.4) is 0 Å². The summed E-state index contributed by atoms with van der Waals surface area (Å²) in [6, 6.07) is 16.5. The van der Waals surface area contributed by atoms with Gasteiger partial charge in [-0.1, -0.05) is 74.7 Å². The molecular formula is C27H35NO5. The molecule has 0 atom stereocenters. The zero-order chi connectivity index (χ0) is 23.3. The summed E-state index contributed by atoms with van der Waals surface area (Å²) in [6.07, 6.45) is 4.97. The zero-order valence-electron chi connectivity index (χ0n) is 19.5. The highest BCUT2D eigenvalue weighted by molar-refractivity contribution is 5.79. The maximum atomic E-state index is 12.1. The third-order valence-corrected chi connectivity index (χ3v) is 5.80. The molecule has 2 aromatic rings. The fourth-order valence-corrected chi connectivity index (χ4v) is 4.10. The second kappa shape index (κ2) is 13.6. The van der Waals surface area contributed by atoms with Gasteiger partial charge in [0.05, 0.1) is 6.61 Å². The molecule has 3 rings (SSSR count). The quantitative estimate of drug-likeness (QED) is 0.304. The molecule has 1 aliphatic rings. The minimum Gasteiger partial charge on any atom is -0.463 e. The van der Waals surface area contributed by atoms with Gasteiger partial charge in [0.2, 0.25) is 0 Å². The molecule has 0 saturated carbocycles. The van der Waals surface area contributed by atoms with E-state index in [-0.39, 0.29) is 18.5 Å². The van der Waals surface area contributed by atoms with Crippen LogP contribution in [0.4, 0.5) is 4.79 Å². The van der Waals surface area contributed by atoms with Gasteiger partial charge < -0.3 is 19.5 Å². The molecule has 0 unspecified atom stereocenters. The average molecular weight is 454 g/mol. The van der Waals surface area contributed by atoms with Crippen LogP contribution in [0.15, 0.2) is 48.5 Å². The summed E-state index contributed by atoms with van der Waals surface area (Å²) in [4.78, 5) is 23.7. The predicted molar refractivity (Wildman–Crippen MR) is 128 cm³/mol. The van der Waals surface area contributed by atoms with Crippen LogP contribution in [-0.2, 0) is 19.0 Å². The number of benzene rings is 2. The summed E-state index contributed by atoms with van der Waals surface area (Å²) in [7, 11) is 0. The molecule has 0 radical (unpaired) electrons. The summed E-state index contributed by atoms with van der Waals surface area (Å²) in [5.41, 5.74) is 4.81. The maximum absolute atomic E-state index is 12.1. The number of amides is 1. The summed E-state index contributed by atoms with van der Waals surface area (Å²) in [6.45, 7) is 4.03. The van der Waals surface area contributed by atoms with Gasteiger partial charge in [-0.15, -0.1) is 0 Å². The molecule has 0 spiro atoms. The van der Waals surface area contributed by atoms with Crippen LogP contribution in [0.1, 0.15) is 62.5 Å². The van der Waals surface area contributed by atoms with Gasteiger partial charge in [-0.2, -0.15) is 0 Å². The fourth-order valence-electron chi connectivity index (χ4n) is 4.10. The molecular weight excluding hydrogens is 418 g/mol. The van der Waals surface area contributed by atoms with E-state index in [1.54, 1.807) is 0 Å². The lowest BCUT2D eigenvalue weighted by molar-refractivity contribution is -0.145. The van der Waals surface area contributed by atoms with Gasteiger partial charge in [-0.25, -0.2) is 4.79 Å². The summed E-state index contributed by atoms with van der Waals surface area (Å²) in [5, 5.41) is 2.77. The molecule has 1 aliphatic carbocycles. The van der Waals surface area contributed by atoms with Crippen LogP contribution in [0.25, 0.3) is 11.1 Å². The van der Waals surface area contributed by atoms with Crippen LogP contribution in [0.5, 0.6) is 0 Å². The third-order valence-electron chi connectivity index (χ3n) is 5.80. The van der Waals surface area contributed by atoms with Crippen molar-refractivity contribution in [3.05, 3.63) is 59.7 Å². The first-order valence-electron chi connectivity index (χ1n) is 12.0.